The van der Waals surface area contributed by atoms with Crippen LogP contribution in [0.1, 0.15) is 23.2 Å². The van der Waals surface area contributed by atoms with Crippen molar-refractivity contribution in [1.29, 1.82) is 0 Å². The molecule has 1 aliphatic heterocycles. The average Bonchev–Trinajstić information content (AvgIpc) is 2.53. The lowest BCUT2D eigenvalue weighted by atomic mass is 9.97. The number of nitro benzene ring substituents is 1. The number of non-ortho nitro benzene ring substituents is 1. The number of nitrogens with zero attached hydrogens (tertiary/aromatic N) is 2. The molecule has 1 aromatic carbocycles. The summed E-state index contributed by atoms with van der Waals surface area (Å²) in [6, 6.07) is 4.23. The number of rotatable bonds is 4. The quantitative estimate of drug-likeness (QED) is 0.515. The molecule has 0 amide bonds. The van der Waals surface area contributed by atoms with Gasteiger partial charge in [-0.2, -0.15) is 0 Å². The van der Waals surface area contributed by atoms with Gasteiger partial charge < -0.3 is 14.7 Å². The molecule has 7 heteroatoms. The minimum absolute atomic E-state index is 0.135. The SMILES string of the molecule is COC(=O)c1cc([N+](=O)[O-])ccc1N1CCC(CO)CC1. The number of hydrogen-bond acceptors (Lipinski definition) is 6. The number of methoxy groups -OCH3 is 1. The zero-order valence-corrected chi connectivity index (χ0v) is 11.8. The van der Waals surface area contributed by atoms with Crippen molar-refractivity contribution in [1.82, 2.24) is 0 Å². The van der Waals surface area contributed by atoms with E-state index in [2.05, 4.69) is 0 Å². The Labute approximate surface area is 122 Å². The molecule has 0 radical (unpaired) electrons. The van der Waals surface area contributed by atoms with Gasteiger partial charge in [-0.15, -0.1) is 0 Å². The minimum Gasteiger partial charge on any atom is -0.465 e. The van der Waals surface area contributed by atoms with Crippen molar-refractivity contribution >= 4 is 17.3 Å². The molecule has 2 rings (SSSR count). The van der Waals surface area contributed by atoms with Crippen LogP contribution in [0.25, 0.3) is 0 Å². The van der Waals surface area contributed by atoms with Crippen LogP contribution in [0.2, 0.25) is 0 Å². The molecule has 0 spiro atoms. The van der Waals surface area contributed by atoms with Crippen LogP contribution in [0, 0.1) is 16.0 Å². The van der Waals surface area contributed by atoms with Gasteiger partial charge in [-0.1, -0.05) is 0 Å². The van der Waals surface area contributed by atoms with E-state index in [1.807, 2.05) is 4.90 Å². The van der Waals surface area contributed by atoms with Crippen LogP contribution in [0.3, 0.4) is 0 Å². The number of carbonyl (C=O) groups is 1. The summed E-state index contributed by atoms with van der Waals surface area (Å²) in [6.07, 6.45) is 1.65. The molecule has 21 heavy (non-hydrogen) atoms. The summed E-state index contributed by atoms with van der Waals surface area (Å²) in [5, 5.41) is 20.0. The first-order chi connectivity index (χ1) is 10.1. The van der Waals surface area contributed by atoms with Gasteiger partial charge in [0.25, 0.3) is 5.69 Å². The van der Waals surface area contributed by atoms with E-state index in [9.17, 15) is 14.9 Å². The molecule has 114 valence electrons. The van der Waals surface area contributed by atoms with E-state index in [4.69, 9.17) is 9.84 Å². The molecule has 1 fully saturated rings. The number of aliphatic hydroxyl groups is 1. The first-order valence-corrected chi connectivity index (χ1v) is 6.79. The lowest BCUT2D eigenvalue weighted by Gasteiger charge is -2.33. The van der Waals surface area contributed by atoms with Crippen molar-refractivity contribution in [2.45, 2.75) is 12.8 Å². The number of nitro groups is 1. The van der Waals surface area contributed by atoms with E-state index in [-0.39, 0.29) is 23.8 Å². The van der Waals surface area contributed by atoms with Gasteiger partial charge in [0.05, 0.1) is 23.3 Å². The van der Waals surface area contributed by atoms with Crippen molar-refractivity contribution in [3.05, 3.63) is 33.9 Å². The summed E-state index contributed by atoms with van der Waals surface area (Å²) < 4.78 is 4.72. The highest BCUT2D eigenvalue weighted by Gasteiger charge is 2.24. The largest absolute Gasteiger partial charge is 0.465 e. The highest BCUT2D eigenvalue weighted by atomic mass is 16.6. The molecule has 7 nitrogen and oxygen atoms in total. The van der Waals surface area contributed by atoms with Gasteiger partial charge in [-0.05, 0) is 24.8 Å². The summed E-state index contributed by atoms with van der Waals surface area (Å²) in [6.45, 7) is 1.57. The smallest absolute Gasteiger partial charge is 0.340 e. The standard InChI is InChI=1S/C14H18N2O5/c1-21-14(18)12-8-11(16(19)20)2-3-13(12)15-6-4-10(9-17)5-7-15/h2-3,8,10,17H,4-7,9H2,1H3. The highest BCUT2D eigenvalue weighted by molar-refractivity contribution is 5.96. The monoisotopic (exact) mass is 294 g/mol. The van der Waals surface area contributed by atoms with Crippen LogP contribution >= 0.6 is 0 Å². The number of carbonyl (C=O) groups excluding carboxylic acids is 1. The summed E-state index contributed by atoms with van der Waals surface area (Å²) in [5.74, 6) is -0.307. The van der Waals surface area contributed by atoms with Gasteiger partial charge >= 0.3 is 5.97 Å². The molecule has 1 saturated heterocycles. The molecular formula is C14H18N2O5. The molecule has 0 aliphatic carbocycles. The Bertz CT molecular complexity index is 538. The highest BCUT2D eigenvalue weighted by Crippen LogP contribution is 2.29. The fourth-order valence-corrected chi connectivity index (χ4v) is 2.54. The van der Waals surface area contributed by atoms with Crippen LogP contribution in [0.15, 0.2) is 18.2 Å². The second-order valence-electron chi connectivity index (χ2n) is 5.06. The third kappa shape index (κ3) is 3.30. The number of piperidine rings is 1. The Morgan fingerprint density at radius 3 is 2.67 bits per heavy atom. The predicted octanol–water partition coefficient (Wildman–Crippen LogP) is 1.59. The maximum Gasteiger partial charge on any atom is 0.340 e. The fraction of sp³-hybridized carbons (Fsp3) is 0.500. The van der Waals surface area contributed by atoms with E-state index in [0.29, 0.717) is 18.8 Å². The summed E-state index contributed by atoms with van der Waals surface area (Å²) >= 11 is 0. The molecule has 1 aliphatic rings. The Morgan fingerprint density at radius 1 is 1.48 bits per heavy atom. The third-order valence-electron chi connectivity index (χ3n) is 3.81. The first-order valence-electron chi connectivity index (χ1n) is 6.79. The van der Waals surface area contributed by atoms with Crippen molar-refractivity contribution in [2.24, 2.45) is 5.92 Å². The summed E-state index contributed by atoms with van der Waals surface area (Å²) in [7, 11) is 1.25. The molecule has 1 N–H and O–H groups in total. The van der Waals surface area contributed by atoms with Gasteiger partial charge in [-0.3, -0.25) is 10.1 Å². The van der Waals surface area contributed by atoms with Gasteiger partial charge in [0.15, 0.2) is 0 Å². The van der Waals surface area contributed by atoms with Crippen LogP contribution in [0.4, 0.5) is 11.4 Å². The average molecular weight is 294 g/mol. The van der Waals surface area contributed by atoms with E-state index in [0.717, 1.165) is 12.8 Å². The normalized spacial score (nSPS) is 15.8. The van der Waals surface area contributed by atoms with E-state index >= 15 is 0 Å². The summed E-state index contributed by atoms with van der Waals surface area (Å²) in [5.41, 5.74) is 0.711. The molecule has 1 aromatic rings. The van der Waals surface area contributed by atoms with Gasteiger partial charge in [0, 0.05) is 31.8 Å². The van der Waals surface area contributed by atoms with E-state index < -0.39 is 10.9 Å². The second kappa shape index (κ2) is 6.53. The molecule has 0 bridgehead atoms. The third-order valence-corrected chi connectivity index (χ3v) is 3.81. The number of hydrogen-bond donors (Lipinski definition) is 1. The van der Waals surface area contributed by atoms with E-state index in [1.54, 1.807) is 6.07 Å². The molecule has 1 heterocycles. The zero-order chi connectivity index (χ0) is 15.4. The number of esters is 1. The topological polar surface area (TPSA) is 92.9 Å². The number of aliphatic hydroxyl groups excluding tert-OH is 1. The molecular weight excluding hydrogens is 276 g/mol. The van der Waals surface area contributed by atoms with Gasteiger partial charge in [0.1, 0.15) is 0 Å². The number of benzene rings is 1. The first kappa shape index (κ1) is 15.2. The van der Waals surface area contributed by atoms with E-state index in [1.165, 1.54) is 19.2 Å². The molecule has 0 atom stereocenters. The number of ether oxygens (including phenoxy) is 1. The summed E-state index contributed by atoms with van der Waals surface area (Å²) in [4.78, 5) is 24.2. The van der Waals surface area contributed by atoms with Gasteiger partial charge in [-0.25, -0.2) is 4.79 Å². The maximum absolute atomic E-state index is 11.9. The number of anilines is 1. The molecule has 0 unspecified atom stereocenters. The zero-order valence-electron chi connectivity index (χ0n) is 11.8. The molecule has 0 aromatic heterocycles. The maximum atomic E-state index is 11.9. The predicted molar refractivity (Wildman–Crippen MR) is 76.5 cm³/mol. The van der Waals surface area contributed by atoms with Crippen LogP contribution < -0.4 is 4.90 Å². The second-order valence-corrected chi connectivity index (χ2v) is 5.06. The fourth-order valence-electron chi connectivity index (χ4n) is 2.54. The lowest BCUT2D eigenvalue weighted by molar-refractivity contribution is -0.384. The van der Waals surface area contributed by atoms with Crippen LogP contribution in [-0.4, -0.2) is 42.8 Å². The minimum atomic E-state index is -0.585. The van der Waals surface area contributed by atoms with Crippen molar-refractivity contribution in [2.75, 3.05) is 31.7 Å². The van der Waals surface area contributed by atoms with Gasteiger partial charge in [0.2, 0.25) is 0 Å². The Balaban J connectivity index is 2.30. The van der Waals surface area contributed by atoms with Crippen molar-refractivity contribution in [3.63, 3.8) is 0 Å². The van der Waals surface area contributed by atoms with Crippen LogP contribution in [0.5, 0.6) is 0 Å². The van der Waals surface area contributed by atoms with Crippen LogP contribution in [-0.2, 0) is 4.74 Å². The Hall–Kier alpha value is -2.15. The Morgan fingerprint density at radius 2 is 2.14 bits per heavy atom. The van der Waals surface area contributed by atoms with Crippen molar-refractivity contribution < 1.29 is 19.6 Å². The lowest BCUT2D eigenvalue weighted by Crippen LogP contribution is -2.35. The molecule has 0 saturated carbocycles. The Kier molecular flexibility index (Phi) is 4.74. The van der Waals surface area contributed by atoms with Crippen molar-refractivity contribution in [3.8, 4) is 0 Å².